The molecule has 0 aromatic heterocycles. The van der Waals surface area contributed by atoms with Crippen molar-refractivity contribution < 1.29 is 11.0 Å². The van der Waals surface area contributed by atoms with Gasteiger partial charge in [0.05, 0.1) is 11.0 Å². The molecule has 0 N–H and O–H groups in total. The van der Waals surface area contributed by atoms with Crippen molar-refractivity contribution in [2.45, 2.75) is 0 Å². The Balaban J connectivity index is 1.24. The lowest BCUT2D eigenvalue weighted by Crippen LogP contribution is -1.88. The average molecular weight is 563 g/mol. The van der Waals surface area contributed by atoms with E-state index in [0.29, 0.717) is 11.1 Å². The fraction of sp³-hybridized carbons (Fsp3) is 0. The fourth-order valence-corrected chi connectivity index (χ4v) is 7.08. The average Bonchev–Trinajstić information content (AvgIpc) is 3.16. The van der Waals surface area contributed by atoms with Crippen molar-refractivity contribution in [1.82, 2.24) is 0 Å². The molecule has 0 amide bonds. The maximum Gasteiger partial charge on any atom is 0.0636 e. The first-order valence-corrected chi connectivity index (χ1v) is 14.7. The number of benzene rings is 10. The van der Waals surface area contributed by atoms with Crippen LogP contribution < -0.4 is 0 Å². The van der Waals surface area contributed by atoms with Gasteiger partial charge < -0.3 is 0 Å². The Bertz CT molecular complexity index is 3100. The van der Waals surface area contributed by atoms with E-state index in [1.54, 1.807) is 0 Å². The lowest BCUT2D eigenvalue weighted by atomic mass is 9.88. The zero-order valence-corrected chi connectivity index (χ0v) is 23.4. The molecule has 10 aromatic rings. The van der Waals surface area contributed by atoms with E-state index in [2.05, 4.69) is 24.3 Å². The fourth-order valence-electron chi connectivity index (χ4n) is 7.08. The molecule has 0 heterocycles. The largest absolute Gasteiger partial charge is 0.0636 e. The maximum atomic E-state index is 9.50. The van der Waals surface area contributed by atoms with E-state index < -0.39 is 24.2 Å². The summed E-state index contributed by atoms with van der Waals surface area (Å²) >= 11 is 0. The SMILES string of the molecule is [2H]c1c([2H])c(-c2c([2H])c([2H])c(-c3ccc4ccc5cccc6ccc3c4c56)c([2H])c2[2H])c([2H])c(-c2ccc3ccc4cccc5ccc2c3c45)c1[2H]. The quantitative estimate of drug-likeness (QED) is 0.188. The predicted octanol–water partition coefficient (Wildman–Crippen LogP) is 12.5. The highest BCUT2D eigenvalue weighted by Gasteiger charge is 2.14. The molecule has 44 heavy (non-hydrogen) atoms. The molecule has 0 saturated heterocycles. The lowest BCUT2D eigenvalue weighted by molar-refractivity contribution is 1.60. The summed E-state index contributed by atoms with van der Waals surface area (Å²) in [6.45, 7) is 0. The first-order chi connectivity index (χ1) is 25.2. The van der Waals surface area contributed by atoms with Gasteiger partial charge in [0.2, 0.25) is 0 Å². The normalized spacial score (nSPS) is 14.6. The van der Waals surface area contributed by atoms with E-state index >= 15 is 0 Å². The van der Waals surface area contributed by atoms with Gasteiger partial charge in [-0.2, -0.15) is 0 Å². The van der Waals surface area contributed by atoms with Crippen molar-refractivity contribution >= 4 is 64.6 Å². The molecule has 0 aliphatic rings. The smallest absolute Gasteiger partial charge is 0.0610 e. The van der Waals surface area contributed by atoms with E-state index in [4.69, 9.17) is 4.11 Å². The van der Waals surface area contributed by atoms with Crippen LogP contribution in [0.3, 0.4) is 0 Å². The monoisotopic (exact) mass is 562 g/mol. The van der Waals surface area contributed by atoms with E-state index in [1.807, 2.05) is 84.9 Å². The van der Waals surface area contributed by atoms with E-state index in [1.165, 1.54) is 0 Å². The highest BCUT2D eigenvalue weighted by atomic mass is 14.2. The van der Waals surface area contributed by atoms with Crippen LogP contribution in [0.25, 0.3) is 98.0 Å². The summed E-state index contributed by atoms with van der Waals surface area (Å²) in [5.41, 5.74) is 0.922. The minimum atomic E-state index is -0.479. The predicted molar refractivity (Wildman–Crippen MR) is 190 cm³/mol. The highest BCUT2D eigenvalue weighted by molar-refractivity contribution is 6.26. The zero-order valence-electron chi connectivity index (χ0n) is 31.4. The summed E-state index contributed by atoms with van der Waals surface area (Å²) in [5, 5.41) is 11.9. The van der Waals surface area contributed by atoms with Gasteiger partial charge in [0.25, 0.3) is 0 Å². The standard InChI is InChI=1S/C44H26/c1-4-29-14-16-33-18-22-37(39-24-20-31(6-1)41(29)43(33)39)28-12-10-27(11-13-28)35-8-3-9-36(26-35)38-23-19-34-17-15-30-5-2-7-32-21-25-40(38)44(34)42(30)32/h1-26H/i3D,8D,9D,10D,11D,12D,13D,26D. The second kappa shape index (κ2) is 8.89. The number of rotatable bonds is 3. The summed E-state index contributed by atoms with van der Waals surface area (Å²) in [6.07, 6.45) is 0. The summed E-state index contributed by atoms with van der Waals surface area (Å²) in [4.78, 5) is 0. The second-order valence-electron chi connectivity index (χ2n) is 11.4. The molecule has 10 rings (SSSR count). The Kier molecular flexibility index (Phi) is 3.52. The highest BCUT2D eigenvalue weighted by Crippen LogP contribution is 2.41. The third-order valence-electron chi connectivity index (χ3n) is 9.10. The zero-order chi connectivity index (χ0) is 35.7. The van der Waals surface area contributed by atoms with Crippen LogP contribution in [0.5, 0.6) is 0 Å². The van der Waals surface area contributed by atoms with Gasteiger partial charge in [-0.3, -0.25) is 0 Å². The Labute approximate surface area is 266 Å². The molecule has 0 radical (unpaired) electrons. The summed E-state index contributed by atoms with van der Waals surface area (Å²) < 4.78 is 73.5. The molecule has 0 bridgehead atoms. The second-order valence-corrected chi connectivity index (χ2v) is 11.4. The maximum absolute atomic E-state index is 9.50. The van der Waals surface area contributed by atoms with Crippen molar-refractivity contribution in [3.63, 3.8) is 0 Å². The Morgan fingerprint density at radius 1 is 0.318 bits per heavy atom. The Morgan fingerprint density at radius 2 is 0.727 bits per heavy atom. The van der Waals surface area contributed by atoms with Crippen molar-refractivity contribution in [1.29, 1.82) is 0 Å². The van der Waals surface area contributed by atoms with Crippen molar-refractivity contribution in [3.05, 3.63) is 158 Å². The Morgan fingerprint density at radius 3 is 1.27 bits per heavy atom. The molecule has 0 saturated carbocycles. The third kappa shape index (κ3) is 3.34. The minimum Gasteiger partial charge on any atom is -0.0610 e. The van der Waals surface area contributed by atoms with Crippen LogP contribution in [0.4, 0.5) is 0 Å². The van der Waals surface area contributed by atoms with Crippen molar-refractivity contribution in [2.75, 3.05) is 0 Å². The molecule has 0 unspecified atom stereocenters. The van der Waals surface area contributed by atoms with E-state index in [0.717, 1.165) is 64.6 Å². The van der Waals surface area contributed by atoms with Crippen LogP contribution in [-0.4, -0.2) is 0 Å². The van der Waals surface area contributed by atoms with Gasteiger partial charge in [-0.15, -0.1) is 0 Å². The molecule has 0 nitrogen and oxygen atoms in total. The molecule has 0 spiro atoms. The minimum absolute atomic E-state index is 0.113. The van der Waals surface area contributed by atoms with E-state index in [9.17, 15) is 6.85 Å². The third-order valence-corrected chi connectivity index (χ3v) is 9.10. The molecule has 0 aliphatic heterocycles. The lowest BCUT2D eigenvalue weighted by Gasteiger charge is -2.15. The summed E-state index contributed by atoms with van der Waals surface area (Å²) in [6, 6.07) is 33.0. The molecule has 0 aliphatic carbocycles. The summed E-state index contributed by atoms with van der Waals surface area (Å²) in [7, 11) is 0. The molecule has 10 aromatic carbocycles. The van der Waals surface area contributed by atoms with Crippen LogP contribution in [0.2, 0.25) is 0 Å². The first kappa shape index (κ1) is 17.4. The van der Waals surface area contributed by atoms with E-state index in [-0.39, 0.29) is 46.4 Å². The molecule has 0 fully saturated rings. The number of hydrogen-bond acceptors (Lipinski definition) is 0. The van der Waals surface area contributed by atoms with Gasteiger partial charge in [-0.05, 0) is 104 Å². The van der Waals surface area contributed by atoms with Crippen molar-refractivity contribution in [3.8, 4) is 33.4 Å². The van der Waals surface area contributed by atoms with Gasteiger partial charge in [-0.1, -0.05) is 151 Å². The molecule has 202 valence electrons. The van der Waals surface area contributed by atoms with Crippen LogP contribution >= 0.6 is 0 Å². The van der Waals surface area contributed by atoms with Crippen LogP contribution in [0.15, 0.2) is 158 Å². The molecule has 0 heteroatoms. The first-order valence-electron chi connectivity index (χ1n) is 18.7. The molecular weight excluding hydrogens is 528 g/mol. The van der Waals surface area contributed by atoms with Gasteiger partial charge in [0.1, 0.15) is 0 Å². The summed E-state index contributed by atoms with van der Waals surface area (Å²) in [5.74, 6) is 0. The topological polar surface area (TPSA) is 0 Å². The van der Waals surface area contributed by atoms with Crippen LogP contribution in [-0.2, 0) is 0 Å². The van der Waals surface area contributed by atoms with Crippen LogP contribution in [0, 0.1) is 0 Å². The van der Waals surface area contributed by atoms with Gasteiger partial charge in [-0.25, -0.2) is 0 Å². The van der Waals surface area contributed by atoms with Crippen molar-refractivity contribution in [2.24, 2.45) is 0 Å². The molecular formula is C44H26. The van der Waals surface area contributed by atoms with Crippen LogP contribution in [0.1, 0.15) is 11.0 Å². The van der Waals surface area contributed by atoms with Gasteiger partial charge in [0, 0.05) is 0 Å². The Hall–Kier alpha value is -5.72. The number of hydrogen-bond donors (Lipinski definition) is 0. The molecule has 0 atom stereocenters. The van der Waals surface area contributed by atoms with Gasteiger partial charge in [0.15, 0.2) is 0 Å². The van der Waals surface area contributed by atoms with Gasteiger partial charge >= 0.3 is 0 Å².